The molecular weight excluding hydrogens is 186 g/mol. The number of nitrogens with zero attached hydrogens (tertiary/aromatic N) is 2. The summed E-state index contributed by atoms with van der Waals surface area (Å²) in [6.07, 6.45) is 0. The van der Waals surface area contributed by atoms with Crippen LogP contribution in [-0.4, -0.2) is 9.38 Å². The van der Waals surface area contributed by atoms with E-state index in [1.807, 2.05) is 29.5 Å². The molecule has 0 spiro atoms. The van der Waals surface area contributed by atoms with Gasteiger partial charge in [-0.2, -0.15) is 0 Å². The Morgan fingerprint density at radius 2 is 1.93 bits per heavy atom. The first-order valence-electron chi connectivity index (χ1n) is 5.15. The molecule has 0 unspecified atom stereocenters. The molecule has 0 saturated heterocycles. The zero-order chi connectivity index (χ0) is 11.2. The zero-order valence-corrected chi connectivity index (χ0v) is 9.70. The van der Waals surface area contributed by atoms with Crippen molar-refractivity contribution in [2.75, 3.05) is 5.73 Å². The summed E-state index contributed by atoms with van der Waals surface area (Å²) in [4.78, 5) is 4.58. The predicted molar refractivity (Wildman–Crippen MR) is 63.0 cm³/mol. The molecule has 2 heterocycles. The predicted octanol–water partition coefficient (Wildman–Crippen LogP) is 2.52. The van der Waals surface area contributed by atoms with Crippen molar-refractivity contribution < 1.29 is 0 Å². The molecule has 0 amide bonds. The van der Waals surface area contributed by atoms with Gasteiger partial charge in [0.1, 0.15) is 11.5 Å². The van der Waals surface area contributed by atoms with Gasteiger partial charge >= 0.3 is 0 Å². The van der Waals surface area contributed by atoms with Crippen molar-refractivity contribution in [3.05, 3.63) is 29.6 Å². The smallest absolute Gasteiger partial charge is 0.138 e. The Balaban J connectivity index is 2.82. The quantitative estimate of drug-likeness (QED) is 0.715. The minimum Gasteiger partial charge on any atom is -0.383 e. The van der Waals surface area contributed by atoms with Crippen molar-refractivity contribution in [2.45, 2.75) is 33.1 Å². The zero-order valence-electron chi connectivity index (χ0n) is 9.70. The lowest BCUT2D eigenvalue weighted by molar-refractivity contribution is 0.575. The molecule has 2 N–H and O–H groups in total. The third kappa shape index (κ3) is 1.48. The Morgan fingerprint density at radius 3 is 2.47 bits per heavy atom. The van der Waals surface area contributed by atoms with E-state index in [0.717, 1.165) is 22.9 Å². The van der Waals surface area contributed by atoms with E-state index in [-0.39, 0.29) is 5.41 Å². The number of imidazole rings is 1. The van der Waals surface area contributed by atoms with Crippen LogP contribution in [0.4, 0.5) is 5.82 Å². The largest absolute Gasteiger partial charge is 0.383 e. The van der Waals surface area contributed by atoms with Crippen LogP contribution in [0.2, 0.25) is 0 Å². The van der Waals surface area contributed by atoms with Gasteiger partial charge in [-0.15, -0.1) is 0 Å². The van der Waals surface area contributed by atoms with Crippen molar-refractivity contribution >= 4 is 11.5 Å². The summed E-state index contributed by atoms with van der Waals surface area (Å²) in [6, 6.07) is 6.03. The molecule has 80 valence electrons. The Bertz CT molecular complexity index is 503. The van der Waals surface area contributed by atoms with Gasteiger partial charge in [0.15, 0.2) is 0 Å². The number of rotatable bonds is 0. The van der Waals surface area contributed by atoms with E-state index in [0.29, 0.717) is 0 Å². The number of aromatic nitrogens is 2. The monoisotopic (exact) mass is 203 g/mol. The molecule has 2 aromatic heterocycles. The maximum atomic E-state index is 6.13. The molecule has 0 radical (unpaired) electrons. The summed E-state index contributed by atoms with van der Waals surface area (Å²) < 4.78 is 2.00. The second kappa shape index (κ2) is 2.99. The number of hydrogen-bond acceptors (Lipinski definition) is 2. The molecule has 15 heavy (non-hydrogen) atoms. The van der Waals surface area contributed by atoms with Gasteiger partial charge in [-0.1, -0.05) is 26.8 Å². The summed E-state index contributed by atoms with van der Waals surface area (Å²) in [5.74, 6) is 0.760. The average molecular weight is 203 g/mol. The van der Waals surface area contributed by atoms with E-state index in [2.05, 4.69) is 25.8 Å². The van der Waals surface area contributed by atoms with Crippen LogP contribution < -0.4 is 5.73 Å². The summed E-state index contributed by atoms with van der Waals surface area (Å²) in [6.45, 7) is 8.42. The Labute approximate surface area is 89.9 Å². The highest BCUT2D eigenvalue weighted by Crippen LogP contribution is 2.28. The van der Waals surface area contributed by atoms with Crippen LogP contribution in [0.15, 0.2) is 18.2 Å². The van der Waals surface area contributed by atoms with Crippen molar-refractivity contribution in [1.29, 1.82) is 0 Å². The Morgan fingerprint density at radius 1 is 1.27 bits per heavy atom. The third-order valence-electron chi connectivity index (χ3n) is 2.58. The summed E-state index contributed by atoms with van der Waals surface area (Å²) in [7, 11) is 0. The van der Waals surface area contributed by atoms with Crippen LogP contribution in [0.3, 0.4) is 0 Å². The lowest BCUT2D eigenvalue weighted by Crippen LogP contribution is -2.14. The average Bonchev–Trinajstić information content (AvgIpc) is 2.44. The van der Waals surface area contributed by atoms with Crippen LogP contribution in [0.5, 0.6) is 0 Å². The van der Waals surface area contributed by atoms with Gasteiger partial charge in [0.25, 0.3) is 0 Å². The number of anilines is 1. The molecule has 0 aliphatic rings. The maximum Gasteiger partial charge on any atom is 0.138 e. The van der Waals surface area contributed by atoms with Crippen molar-refractivity contribution in [3.63, 3.8) is 0 Å². The van der Waals surface area contributed by atoms with Crippen molar-refractivity contribution in [2.24, 2.45) is 0 Å². The number of aryl methyl sites for hydroxylation is 1. The van der Waals surface area contributed by atoms with Gasteiger partial charge in [-0.25, -0.2) is 4.98 Å². The second-order valence-electron chi connectivity index (χ2n) is 4.96. The van der Waals surface area contributed by atoms with Crippen molar-refractivity contribution in [1.82, 2.24) is 9.38 Å². The highest BCUT2D eigenvalue weighted by atomic mass is 15.1. The van der Waals surface area contributed by atoms with Gasteiger partial charge in [0, 0.05) is 11.1 Å². The van der Waals surface area contributed by atoms with E-state index < -0.39 is 0 Å². The molecule has 0 aliphatic carbocycles. The van der Waals surface area contributed by atoms with E-state index >= 15 is 0 Å². The second-order valence-corrected chi connectivity index (χ2v) is 4.96. The number of nitrogens with two attached hydrogens (primary N) is 1. The summed E-state index contributed by atoms with van der Waals surface area (Å²) in [5.41, 5.74) is 9.13. The van der Waals surface area contributed by atoms with Gasteiger partial charge in [-0.3, -0.25) is 4.40 Å². The van der Waals surface area contributed by atoms with E-state index in [1.54, 1.807) is 0 Å². The minimum atomic E-state index is -0.0114. The molecule has 0 bridgehead atoms. The molecule has 3 heteroatoms. The molecule has 3 nitrogen and oxygen atoms in total. The molecule has 0 aromatic carbocycles. The highest BCUT2D eigenvalue weighted by Gasteiger charge is 2.22. The number of nitrogen functional groups attached to an aromatic ring is 1. The highest BCUT2D eigenvalue weighted by molar-refractivity contribution is 5.55. The Hall–Kier alpha value is -1.51. The summed E-state index contributed by atoms with van der Waals surface area (Å²) >= 11 is 0. The van der Waals surface area contributed by atoms with Crippen LogP contribution >= 0.6 is 0 Å². The number of hydrogen-bond donors (Lipinski definition) is 1. The van der Waals surface area contributed by atoms with Gasteiger partial charge < -0.3 is 5.73 Å². The topological polar surface area (TPSA) is 43.3 Å². The van der Waals surface area contributed by atoms with Crippen LogP contribution in [0.25, 0.3) is 5.65 Å². The van der Waals surface area contributed by atoms with Gasteiger partial charge in [-0.05, 0) is 19.1 Å². The number of pyridine rings is 1. The third-order valence-corrected chi connectivity index (χ3v) is 2.58. The maximum absolute atomic E-state index is 6.13. The lowest BCUT2D eigenvalue weighted by atomic mass is 9.92. The first-order chi connectivity index (χ1) is 6.91. The lowest BCUT2D eigenvalue weighted by Gasteiger charge is -2.15. The van der Waals surface area contributed by atoms with Crippen molar-refractivity contribution in [3.8, 4) is 0 Å². The molecule has 0 fully saturated rings. The fraction of sp³-hybridized carbons (Fsp3) is 0.417. The van der Waals surface area contributed by atoms with Crippen LogP contribution in [0.1, 0.15) is 32.2 Å². The van der Waals surface area contributed by atoms with Crippen LogP contribution in [0, 0.1) is 6.92 Å². The molecule has 0 saturated carbocycles. The normalized spacial score (nSPS) is 12.3. The van der Waals surface area contributed by atoms with Crippen LogP contribution in [-0.2, 0) is 5.41 Å². The van der Waals surface area contributed by atoms with Gasteiger partial charge in [0.2, 0.25) is 0 Å². The fourth-order valence-corrected chi connectivity index (χ4v) is 1.83. The molecule has 0 atom stereocenters. The van der Waals surface area contributed by atoms with E-state index in [1.165, 1.54) is 0 Å². The standard InChI is InChI=1S/C12H17N3/c1-8-6-5-7-9-14-10(12(2,3)4)11(13)15(8)9/h5-7H,13H2,1-4H3. The first kappa shape index (κ1) is 10.0. The number of fused-ring (bicyclic) bond motifs is 1. The minimum absolute atomic E-state index is 0.0114. The fourth-order valence-electron chi connectivity index (χ4n) is 1.83. The first-order valence-corrected chi connectivity index (χ1v) is 5.15. The molecule has 2 aromatic rings. The summed E-state index contributed by atoms with van der Waals surface area (Å²) in [5, 5.41) is 0. The molecule has 0 aliphatic heterocycles. The molecule has 2 rings (SSSR count). The van der Waals surface area contributed by atoms with E-state index in [4.69, 9.17) is 5.73 Å². The molecular formula is C12H17N3. The SMILES string of the molecule is Cc1cccc2nc(C(C)(C)C)c(N)n12. The Kier molecular flexibility index (Phi) is 2.00. The van der Waals surface area contributed by atoms with E-state index in [9.17, 15) is 0 Å². The van der Waals surface area contributed by atoms with Gasteiger partial charge in [0.05, 0.1) is 5.69 Å².